The molecule has 0 saturated heterocycles. The van der Waals surface area contributed by atoms with E-state index in [0.717, 1.165) is 36.3 Å². The van der Waals surface area contributed by atoms with Crippen LogP contribution in [0.3, 0.4) is 0 Å². The van der Waals surface area contributed by atoms with E-state index in [1.54, 1.807) is 6.20 Å². The van der Waals surface area contributed by atoms with Crippen LogP contribution in [0.1, 0.15) is 44.1 Å². The lowest BCUT2D eigenvalue weighted by molar-refractivity contribution is 0.126. The molecular formula is C18H26N4O. The Bertz CT molecular complexity index is 585. The van der Waals surface area contributed by atoms with Gasteiger partial charge >= 0.3 is 0 Å². The van der Waals surface area contributed by atoms with Crippen LogP contribution < -0.4 is 5.32 Å². The van der Waals surface area contributed by atoms with Gasteiger partial charge in [0.2, 0.25) is 0 Å². The molecule has 1 aliphatic carbocycles. The highest BCUT2D eigenvalue weighted by molar-refractivity contribution is 5.61. The van der Waals surface area contributed by atoms with Gasteiger partial charge in [0.1, 0.15) is 0 Å². The summed E-state index contributed by atoms with van der Waals surface area (Å²) in [6, 6.07) is 3.98. The summed E-state index contributed by atoms with van der Waals surface area (Å²) in [6.07, 6.45) is 12.8. The van der Waals surface area contributed by atoms with Crippen LogP contribution in [0.25, 0.3) is 11.3 Å². The van der Waals surface area contributed by atoms with Crippen molar-refractivity contribution >= 4 is 0 Å². The predicted octanol–water partition coefficient (Wildman–Crippen LogP) is 2.89. The second kappa shape index (κ2) is 7.70. The van der Waals surface area contributed by atoms with Crippen LogP contribution in [0.5, 0.6) is 0 Å². The highest BCUT2D eigenvalue weighted by Crippen LogP contribution is 2.38. The molecule has 3 N–H and O–H groups in total. The molecule has 0 atom stereocenters. The van der Waals surface area contributed by atoms with Gasteiger partial charge in [0.05, 0.1) is 11.9 Å². The van der Waals surface area contributed by atoms with Gasteiger partial charge in [0, 0.05) is 43.2 Å². The standard InChI is InChI=1S/C18H26N4O/c23-10-8-18(6-2-1-3-7-18)14-20-12-16-13-21-22-17(16)15-5-4-9-19-11-15/h4-5,9,11,13,20,23H,1-3,6-8,10,12,14H2,(H,21,22). The molecular weight excluding hydrogens is 288 g/mol. The first-order valence-corrected chi connectivity index (χ1v) is 8.57. The molecule has 0 unspecified atom stereocenters. The first-order chi connectivity index (χ1) is 11.3. The first kappa shape index (κ1) is 16.1. The van der Waals surface area contributed by atoms with Crippen molar-refractivity contribution in [2.24, 2.45) is 5.41 Å². The summed E-state index contributed by atoms with van der Waals surface area (Å²) in [7, 11) is 0. The van der Waals surface area contributed by atoms with Crippen molar-refractivity contribution < 1.29 is 5.11 Å². The summed E-state index contributed by atoms with van der Waals surface area (Å²) < 4.78 is 0. The summed E-state index contributed by atoms with van der Waals surface area (Å²) in [6.45, 7) is 2.04. The molecule has 1 fully saturated rings. The van der Waals surface area contributed by atoms with Gasteiger partial charge in [-0.3, -0.25) is 10.1 Å². The molecule has 0 radical (unpaired) electrons. The minimum atomic E-state index is 0.269. The first-order valence-electron chi connectivity index (χ1n) is 8.57. The summed E-state index contributed by atoms with van der Waals surface area (Å²) in [5.41, 5.74) is 3.52. The smallest absolute Gasteiger partial charge is 0.0710 e. The molecule has 2 aromatic heterocycles. The largest absolute Gasteiger partial charge is 0.396 e. The molecule has 0 aromatic carbocycles. The fourth-order valence-corrected chi connectivity index (χ4v) is 3.72. The van der Waals surface area contributed by atoms with Gasteiger partial charge in [-0.05, 0) is 36.8 Å². The molecule has 2 aromatic rings. The number of aliphatic hydroxyl groups is 1. The molecule has 5 heteroatoms. The van der Waals surface area contributed by atoms with Crippen molar-refractivity contribution in [1.82, 2.24) is 20.5 Å². The maximum absolute atomic E-state index is 9.41. The molecule has 5 nitrogen and oxygen atoms in total. The molecule has 3 rings (SSSR count). The number of nitrogens with zero attached hydrogens (tertiary/aromatic N) is 2. The lowest BCUT2D eigenvalue weighted by Gasteiger charge is -2.37. The summed E-state index contributed by atoms with van der Waals surface area (Å²) >= 11 is 0. The normalized spacial score (nSPS) is 17.3. The van der Waals surface area contributed by atoms with Crippen LogP contribution in [0, 0.1) is 5.41 Å². The Hall–Kier alpha value is -1.72. The van der Waals surface area contributed by atoms with Crippen molar-refractivity contribution in [2.45, 2.75) is 45.1 Å². The van der Waals surface area contributed by atoms with E-state index >= 15 is 0 Å². The molecule has 1 aliphatic rings. The number of nitrogens with one attached hydrogen (secondary N) is 2. The van der Waals surface area contributed by atoms with Gasteiger partial charge in [-0.15, -0.1) is 0 Å². The highest BCUT2D eigenvalue weighted by Gasteiger charge is 2.31. The van der Waals surface area contributed by atoms with Crippen molar-refractivity contribution in [3.05, 3.63) is 36.3 Å². The van der Waals surface area contributed by atoms with E-state index in [0.29, 0.717) is 0 Å². The Labute approximate surface area is 137 Å². The van der Waals surface area contributed by atoms with E-state index in [-0.39, 0.29) is 12.0 Å². The van der Waals surface area contributed by atoms with Gasteiger partial charge in [-0.25, -0.2) is 0 Å². The monoisotopic (exact) mass is 314 g/mol. The third kappa shape index (κ3) is 3.98. The van der Waals surface area contributed by atoms with Gasteiger partial charge in [-0.2, -0.15) is 5.10 Å². The van der Waals surface area contributed by atoms with E-state index in [9.17, 15) is 5.11 Å². The molecule has 1 saturated carbocycles. The molecule has 23 heavy (non-hydrogen) atoms. The van der Waals surface area contributed by atoms with Crippen LogP contribution in [0.2, 0.25) is 0 Å². The maximum Gasteiger partial charge on any atom is 0.0710 e. The van der Waals surface area contributed by atoms with Gasteiger partial charge in [0.25, 0.3) is 0 Å². The summed E-state index contributed by atoms with van der Waals surface area (Å²) in [5.74, 6) is 0. The average molecular weight is 314 g/mol. The van der Waals surface area contributed by atoms with Crippen LogP contribution in [0.4, 0.5) is 0 Å². The topological polar surface area (TPSA) is 73.8 Å². The maximum atomic E-state index is 9.41. The van der Waals surface area contributed by atoms with Gasteiger partial charge < -0.3 is 10.4 Å². The molecule has 124 valence electrons. The number of aromatic amines is 1. The Morgan fingerprint density at radius 3 is 2.83 bits per heavy atom. The average Bonchev–Trinajstić information content (AvgIpc) is 3.05. The number of pyridine rings is 1. The highest BCUT2D eigenvalue weighted by atomic mass is 16.3. The minimum absolute atomic E-state index is 0.269. The third-order valence-corrected chi connectivity index (χ3v) is 5.04. The zero-order valence-electron chi connectivity index (χ0n) is 13.6. The Balaban J connectivity index is 1.62. The van der Waals surface area contributed by atoms with Crippen molar-refractivity contribution in [2.75, 3.05) is 13.2 Å². The summed E-state index contributed by atoms with van der Waals surface area (Å²) in [5, 5.41) is 20.3. The van der Waals surface area contributed by atoms with Gasteiger partial charge in [0.15, 0.2) is 0 Å². The Kier molecular flexibility index (Phi) is 5.41. The van der Waals surface area contributed by atoms with Crippen LogP contribution in [-0.4, -0.2) is 33.4 Å². The number of aromatic nitrogens is 3. The minimum Gasteiger partial charge on any atom is -0.396 e. The van der Waals surface area contributed by atoms with Crippen molar-refractivity contribution in [1.29, 1.82) is 0 Å². The third-order valence-electron chi connectivity index (χ3n) is 5.04. The van der Waals surface area contributed by atoms with E-state index in [1.807, 2.05) is 24.5 Å². The van der Waals surface area contributed by atoms with E-state index in [4.69, 9.17) is 0 Å². The fraction of sp³-hybridized carbons (Fsp3) is 0.556. The fourth-order valence-electron chi connectivity index (χ4n) is 3.72. The van der Waals surface area contributed by atoms with Crippen LogP contribution in [0.15, 0.2) is 30.7 Å². The molecule has 2 heterocycles. The van der Waals surface area contributed by atoms with Crippen molar-refractivity contribution in [3.63, 3.8) is 0 Å². The quantitative estimate of drug-likeness (QED) is 0.734. The Morgan fingerprint density at radius 2 is 2.09 bits per heavy atom. The number of aliphatic hydroxyl groups excluding tert-OH is 1. The number of rotatable bonds is 7. The Morgan fingerprint density at radius 1 is 1.22 bits per heavy atom. The van der Waals surface area contributed by atoms with E-state index in [2.05, 4.69) is 20.5 Å². The van der Waals surface area contributed by atoms with Crippen LogP contribution >= 0.6 is 0 Å². The number of hydrogen-bond donors (Lipinski definition) is 3. The second-order valence-corrected chi connectivity index (χ2v) is 6.65. The lowest BCUT2D eigenvalue weighted by Crippen LogP contribution is -2.36. The number of H-pyrrole nitrogens is 1. The molecule has 0 aliphatic heterocycles. The van der Waals surface area contributed by atoms with Crippen LogP contribution in [-0.2, 0) is 6.54 Å². The SMILES string of the molecule is OCCC1(CNCc2cn[nH]c2-c2cccnc2)CCCCC1. The van der Waals surface area contributed by atoms with Gasteiger partial charge in [-0.1, -0.05) is 19.3 Å². The van der Waals surface area contributed by atoms with E-state index < -0.39 is 0 Å². The lowest BCUT2D eigenvalue weighted by atomic mass is 9.72. The molecule has 0 bridgehead atoms. The molecule has 0 amide bonds. The second-order valence-electron chi connectivity index (χ2n) is 6.65. The van der Waals surface area contributed by atoms with Crippen molar-refractivity contribution in [3.8, 4) is 11.3 Å². The summed E-state index contributed by atoms with van der Waals surface area (Å²) in [4.78, 5) is 4.17. The number of hydrogen-bond acceptors (Lipinski definition) is 4. The predicted molar refractivity (Wildman–Crippen MR) is 90.7 cm³/mol. The zero-order chi connectivity index (χ0) is 16.0. The zero-order valence-corrected chi connectivity index (χ0v) is 13.6. The van der Waals surface area contributed by atoms with E-state index in [1.165, 1.54) is 32.1 Å². The molecule has 0 spiro atoms.